The van der Waals surface area contributed by atoms with Crippen molar-refractivity contribution in [3.63, 3.8) is 0 Å². The van der Waals surface area contributed by atoms with Crippen LogP contribution in [0, 0.1) is 0 Å². The van der Waals surface area contributed by atoms with Crippen molar-refractivity contribution in [3.05, 3.63) is 64.7 Å². The molecule has 1 aliphatic rings. The Bertz CT molecular complexity index is 794. The van der Waals surface area contributed by atoms with Gasteiger partial charge in [-0.05, 0) is 56.8 Å². The van der Waals surface area contributed by atoms with E-state index in [2.05, 4.69) is 34.8 Å². The molecule has 142 valence electrons. The zero-order valence-corrected chi connectivity index (χ0v) is 16.0. The van der Waals surface area contributed by atoms with Gasteiger partial charge in [-0.25, -0.2) is 0 Å². The Morgan fingerprint density at radius 2 is 1.89 bits per heavy atom. The van der Waals surface area contributed by atoms with Crippen LogP contribution in [0.25, 0.3) is 6.08 Å². The van der Waals surface area contributed by atoms with E-state index in [1.807, 2.05) is 37.3 Å². The fourth-order valence-electron chi connectivity index (χ4n) is 3.58. The number of ether oxygens (including phenoxy) is 1. The standard InChI is InChI=1S/C23H28N2O2/c1-3-9-21-20(17-27-16-18-10-5-4-6-11-18)14-19(23(26)22(21)24-2)15-25-12-7-8-13-25/h3-6,9-11,14,26H,2,7-8,12-13,15-17H2,1H3/b9-3-. The lowest BCUT2D eigenvalue weighted by atomic mass is 9.99. The van der Waals surface area contributed by atoms with Crippen LogP contribution in [0.4, 0.5) is 5.69 Å². The molecule has 1 fully saturated rings. The number of likely N-dealkylation sites (tertiary alicyclic amines) is 1. The third-order valence-electron chi connectivity index (χ3n) is 4.93. The number of rotatable bonds is 8. The molecule has 3 rings (SSSR count). The topological polar surface area (TPSA) is 45.1 Å². The van der Waals surface area contributed by atoms with Gasteiger partial charge in [-0.15, -0.1) is 0 Å². The lowest BCUT2D eigenvalue weighted by molar-refractivity contribution is 0.107. The molecule has 0 spiro atoms. The zero-order valence-electron chi connectivity index (χ0n) is 16.0. The van der Waals surface area contributed by atoms with Gasteiger partial charge in [0.1, 0.15) is 11.4 Å². The molecule has 4 heteroatoms. The van der Waals surface area contributed by atoms with Crippen LogP contribution in [0.5, 0.6) is 5.75 Å². The summed E-state index contributed by atoms with van der Waals surface area (Å²) >= 11 is 0. The maximum atomic E-state index is 10.7. The first-order valence-corrected chi connectivity index (χ1v) is 9.54. The molecule has 0 atom stereocenters. The molecule has 27 heavy (non-hydrogen) atoms. The fraction of sp³-hybridized carbons (Fsp3) is 0.348. The summed E-state index contributed by atoms with van der Waals surface area (Å²) in [4.78, 5) is 6.49. The van der Waals surface area contributed by atoms with Crippen LogP contribution in [0.15, 0.2) is 47.5 Å². The highest BCUT2D eigenvalue weighted by Gasteiger charge is 2.19. The summed E-state index contributed by atoms with van der Waals surface area (Å²) in [7, 11) is 0. The summed E-state index contributed by atoms with van der Waals surface area (Å²) < 4.78 is 5.97. The summed E-state index contributed by atoms with van der Waals surface area (Å²) in [5.41, 5.74) is 4.49. The average Bonchev–Trinajstić information content (AvgIpc) is 3.19. The van der Waals surface area contributed by atoms with E-state index in [9.17, 15) is 5.11 Å². The van der Waals surface area contributed by atoms with Gasteiger partial charge in [0, 0.05) is 17.7 Å². The van der Waals surface area contributed by atoms with E-state index in [1.165, 1.54) is 12.8 Å². The normalized spacial score (nSPS) is 14.9. The molecule has 1 saturated heterocycles. The van der Waals surface area contributed by atoms with Gasteiger partial charge >= 0.3 is 0 Å². The van der Waals surface area contributed by atoms with E-state index in [1.54, 1.807) is 0 Å². The minimum absolute atomic E-state index is 0.233. The molecule has 1 N–H and O–H groups in total. The third kappa shape index (κ3) is 4.85. The number of allylic oxidation sites excluding steroid dienone is 1. The lowest BCUT2D eigenvalue weighted by Crippen LogP contribution is -2.18. The molecule has 4 nitrogen and oxygen atoms in total. The first-order chi connectivity index (χ1) is 13.2. The van der Waals surface area contributed by atoms with E-state index >= 15 is 0 Å². The van der Waals surface area contributed by atoms with Crippen molar-refractivity contribution in [2.45, 2.75) is 39.5 Å². The molecule has 2 aromatic rings. The molecular formula is C23H28N2O2. The summed E-state index contributed by atoms with van der Waals surface area (Å²) in [6.45, 7) is 9.53. The average molecular weight is 364 g/mol. The van der Waals surface area contributed by atoms with Crippen LogP contribution in [-0.4, -0.2) is 29.8 Å². The monoisotopic (exact) mass is 364 g/mol. The summed E-state index contributed by atoms with van der Waals surface area (Å²) in [5.74, 6) is 0.233. The SMILES string of the molecule is C=Nc1c(O)c(CN2CCCC2)cc(COCc2ccccc2)c1/C=C\C. The van der Waals surface area contributed by atoms with Crippen molar-refractivity contribution < 1.29 is 9.84 Å². The molecule has 2 aromatic carbocycles. The molecule has 0 unspecified atom stereocenters. The number of hydrogen-bond acceptors (Lipinski definition) is 4. The Morgan fingerprint density at radius 1 is 1.15 bits per heavy atom. The summed E-state index contributed by atoms with van der Waals surface area (Å²) in [6.07, 6.45) is 6.35. The maximum Gasteiger partial charge on any atom is 0.146 e. The molecular weight excluding hydrogens is 336 g/mol. The van der Waals surface area contributed by atoms with Crippen molar-refractivity contribution in [3.8, 4) is 5.75 Å². The Morgan fingerprint density at radius 3 is 2.56 bits per heavy atom. The molecule has 0 radical (unpaired) electrons. The van der Waals surface area contributed by atoms with E-state index in [4.69, 9.17) is 4.74 Å². The van der Waals surface area contributed by atoms with Crippen LogP contribution in [0.3, 0.4) is 0 Å². The van der Waals surface area contributed by atoms with Crippen LogP contribution < -0.4 is 0 Å². The van der Waals surface area contributed by atoms with Crippen molar-refractivity contribution >= 4 is 18.5 Å². The van der Waals surface area contributed by atoms with Crippen molar-refractivity contribution in [2.75, 3.05) is 13.1 Å². The van der Waals surface area contributed by atoms with Gasteiger partial charge in [0.15, 0.2) is 0 Å². The second kappa shape index (κ2) is 9.49. The first kappa shape index (κ1) is 19.3. The van der Waals surface area contributed by atoms with Crippen molar-refractivity contribution in [1.82, 2.24) is 4.90 Å². The van der Waals surface area contributed by atoms with Gasteiger partial charge in [0.05, 0.1) is 13.2 Å². The molecule has 0 amide bonds. The predicted molar refractivity (Wildman–Crippen MR) is 111 cm³/mol. The summed E-state index contributed by atoms with van der Waals surface area (Å²) in [6, 6.07) is 12.2. The fourth-order valence-corrected chi connectivity index (χ4v) is 3.58. The van der Waals surface area contributed by atoms with Crippen molar-refractivity contribution in [2.24, 2.45) is 4.99 Å². The Kier molecular flexibility index (Phi) is 6.80. The highest BCUT2D eigenvalue weighted by molar-refractivity contribution is 5.75. The quantitative estimate of drug-likeness (QED) is 0.665. The Balaban J connectivity index is 1.85. The molecule has 0 aliphatic carbocycles. The van der Waals surface area contributed by atoms with Crippen molar-refractivity contribution in [1.29, 1.82) is 0 Å². The minimum atomic E-state index is 0.233. The highest BCUT2D eigenvalue weighted by Crippen LogP contribution is 2.38. The highest BCUT2D eigenvalue weighted by atomic mass is 16.5. The summed E-state index contributed by atoms with van der Waals surface area (Å²) in [5, 5.41) is 10.7. The van der Waals surface area contributed by atoms with E-state index in [-0.39, 0.29) is 5.75 Å². The van der Waals surface area contributed by atoms with Gasteiger partial charge in [0.25, 0.3) is 0 Å². The lowest BCUT2D eigenvalue weighted by Gasteiger charge is -2.19. The number of phenols is 1. The molecule has 0 bridgehead atoms. The number of aromatic hydroxyl groups is 1. The molecule has 0 aromatic heterocycles. The van der Waals surface area contributed by atoms with Gasteiger partial charge in [-0.3, -0.25) is 9.89 Å². The van der Waals surface area contributed by atoms with E-state index in [0.717, 1.165) is 41.9 Å². The minimum Gasteiger partial charge on any atom is -0.505 e. The third-order valence-corrected chi connectivity index (χ3v) is 4.93. The van der Waals surface area contributed by atoms with E-state index in [0.29, 0.717) is 18.9 Å². The number of hydrogen-bond donors (Lipinski definition) is 1. The first-order valence-electron chi connectivity index (χ1n) is 9.54. The Labute approximate surface area is 161 Å². The number of aliphatic imine (C=N–C) groups is 1. The largest absolute Gasteiger partial charge is 0.505 e. The van der Waals surface area contributed by atoms with Gasteiger partial charge in [-0.1, -0.05) is 42.5 Å². The smallest absolute Gasteiger partial charge is 0.146 e. The predicted octanol–water partition coefficient (Wildman–Crippen LogP) is 5.07. The second-order valence-electron chi connectivity index (χ2n) is 6.93. The second-order valence-corrected chi connectivity index (χ2v) is 6.93. The van der Waals surface area contributed by atoms with Crippen LogP contribution in [0.1, 0.15) is 42.0 Å². The number of nitrogens with zero attached hydrogens (tertiary/aromatic N) is 2. The van der Waals surface area contributed by atoms with Crippen LogP contribution in [-0.2, 0) is 24.5 Å². The maximum absolute atomic E-state index is 10.7. The number of benzene rings is 2. The van der Waals surface area contributed by atoms with E-state index < -0.39 is 0 Å². The molecule has 0 saturated carbocycles. The number of phenolic OH excluding ortho intramolecular Hbond substituents is 1. The Hall–Kier alpha value is -2.43. The zero-order chi connectivity index (χ0) is 19.1. The van der Waals surface area contributed by atoms with Gasteiger partial charge < -0.3 is 9.84 Å². The molecule has 1 heterocycles. The van der Waals surface area contributed by atoms with Crippen LogP contribution in [0.2, 0.25) is 0 Å². The van der Waals surface area contributed by atoms with Crippen LogP contribution >= 0.6 is 0 Å². The van der Waals surface area contributed by atoms with Gasteiger partial charge in [0.2, 0.25) is 0 Å². The molecule has 1 aliphatic heterocycles. The van der Waals surface area contributed by atoms with Gasteiger partial charge in [-0.2, -0.15) is 0 Å².